The first kappa shape index (κ1) is 17.6. The summed E-state index contributed by atoms with van der Waals surface area (Å²) in [4.78, 5) is 11.6. The summed E-state index contributed by atoms with van der Waals surface area (Å²) in [5, 5.41) is 0. The molecule has 134 valence electrons. The van der Waals surface area contributed by atoms with Crippen molar-refractivity contribution >= 4 is 24.2 Å². The fourth-order valence-electron chi connectivity index (χ4n) is 2.51. The van der Waals surface area contributed by atoms with Crippen LogP contribution in [0.5, 0.6) is 17.2 Å². The third-order valence-corrected chi connectivity index (χ3v) is 3.83. The second-order valence-corrected chi connectivity index (χ2v) is 5.53. The summed E-state index contributed by atoms with van der Waals surface area (Å²) in [7, 11) is 1.64. The molecule has 0 aliphatic carbocycles. The number of hydrogen-bond acceptors (Lipinski definition) is 5. The van der Waals surface area contributed by atoms with E-state index in [1.54, 1.807) is 20.1 Å². The van der Waals surface area contributed by atoms with Crippen molar-refractivity contribution in [2.45, 2.75) is 6.92 Å². The molecule has 2 aromatic carbocycles. The van der Waals surface area contributed by atoms with Crippen LogP contribution in [0.1, 0.15) is 23.6 Å². The second-order valence-electron chi connectivity index (χ2n) is 5.53. The monoisotopic (exact) mass is 352 g/mol. The van der Waals surface area contributed by atoms with Crippen LogP contribution in [0, 0.1) is 0 Å². The molecule has 5 heteroatoms. The quantitative estimate of drug-likeness (QED) is 0.444. The van der Waals surface area contributed by atoms with E-state index < -0.39 is 0 Å². The van der Waals surface area contributed by atoms with E-state index in [1.807, 2.05) is 48.6 Å². The molecular formula is C21H20O5. The minimum atomic E-state index is -0.379. The van der Waals surface area contributed by atoms with Crippen LogP contribution in [0.4, 0.5) is 0 Å². The van der Waals surface area contributed by atoms with Crippen LogP contribution >= 0.6 is 0 Å². The highest BCUT2D eigenvalue weighted by Crippen LogP contribution is 2.36. The van der Waals surface area contributed by atoms with Crippen LogP contribution in [0.2, 0.25) is 0 Å². The maximum Gasteiger partial charge on any atom is 0.330 e. The summed E-state index contributed by atoms with van der Waals surface area (Å²) in [6, 6.07) is 11.5. The summed E-state index contributed by atoms with van der Waals surface area (Å²) in [5.41, 5.74) is 2.78. The normalized spacial score (nSPS) is 12.7. The number of methoxy groups -OCH3 is 1. The van der Waals surface area contributed by atoms with Crippen molar-refractivity contribution in [3.05, 3.63) is 59.2 Å². The fraction of sp³-hybridized carbons (Fsp3) is 0.190. The van der Waals surface area contributed by atoms with Gasteiger partial charge < -0.3 is 18.9 Å². The molecule has 1 aliphatic heterocycles. The van der Waals surface area contributed by atoms with Gasteiger partial charge in [-0.1, -0.05) is 24.3 Å². The zero-order chi connectivity index (χ0) is 18.4. The minimum absolute atomic E-state index is 0.196. The maximum atomic E-state index is 11.6. The molecule has 0 radical (unpaired) electrons. The SMILES string of the molecule is CCOC(=O)/C=C/c1cc2c(cc1/C=C/c1ccc(OC)cc1)OCO2. The Labute approximate surface area is 152 Å². The van der Waals surface area contributed by atoms with Crippen molar-refractivity contribution in [2.75, 3.05) is 20.5 Å². The molecule has 5 nitrogen and oxygen atoms in total. The summed E-state index contributed by atoms with van der Waals surface area (Å²) in [6.07, 6.45) is 7.08. The molecule has 1 aliphatic rings. The highest BCUT2D eigenvalue weighted by molar-refractivity contribution is 5.89. The predicted molar refractivity (Wildman–Crippen MR) is 100 cm³/mol. The van der Waals surface area contributed by atoms with Crippen LogP contribution in [0.25, 0.3) is 18.2 Å². The van der Waals surface area contributed by atoms with Gasteiger partial charge in [0.05, 0.1) is 13.7 Å². The van der Waals surface area contributed by atoms with Gasteiger partial charge in [-0.3, -0.25) is 0 Å². The fourth-order valence-corrected chi connectivity index (χ4v) is 2.51. The van der Waals surface area contributed by atoms with Crippen molar-refractivity contribution in [3.63, 3.8) is 0 Å². The average molecular weight is 352 g/mol. The zero-order valence-corrected chi connectivity index (χ0v) is 14.7. The summed E-state index contributed by atoms with van der Waals surface area (Å²) in [6.45, 7) is 2.31. The van der Waals surface area contributed by atoms with E-state index in [0.29, 0.717) is 18.1 Å². The molecular weight excluding hydrogens is 332 g/mol. The van der Waals surface area contributed by atoms with Gasteiger partial charge >= 0.3 is 5.97 Å². The molecule has 0 saturated heterocycles. The Morgan fingerprint density at radius 2 is 1.69 bits per heavy atom. The van der Waals surface area contributed by atoms with E-state index >= 15 is 0 Å². The van der Waals surface area contributed by atoms with Gasteiger partial charge in [-0.25, -0.2) is 4.79 Å². The Balaban J connectivity index is 1.88. The second kappa shape index (κ2) is 8.25. The smallest absolute Gasteiger partial charge is 0.330 e. The van der Waals surface area contributed by atoms with Gasteiger partial charge in [0.15, 0.2) is 11.5 Å². The molecule has 0 unspecified atom stereocenters. The highest BCUT2D eigenvalue weighted by Gasteiger charge is 2.15. The number of carbonyl (C=O) groups excluding carboxylic acids is 1. The van der Waals surface area contributed by atoms with Crippen molar-refractivity contribution in [2.24, 2.45) is 0 Å². The van der Waals surface area contributed by atoms with E-state index in [9.17, 15) is 4.79 Å². The lowest BCUT2D eigenvalue weighted by Gasteiger charge is -2.05. The number of hydrogen-bond donors (Lipinski definition) is 0. The van der Waals surface area contributed by atoms with Gasteiger partial charge in [0.2, 0.25) is 6.79 Å². The first-order valence-corrected chi connectivity index (χ1v) is 8.30. The Morgan fingerprint density at radius 1 is 1.04 bits per heavy atom. The first-order chi connectivity index (χ1) is 12.7. The average Bonchev–Trinajstić information content (AvgIpc) is 3.12. The van der Waals surface area contributed by atoms with E-state index in [1.165, 1.54) is 6.08 Å². The van der Waals surface area contributed by atoms with Gasteiger partial charge in [-0.15, -0.1) is 0 Å². The van der Waals surface area contributed by atoms with E-state index in [4.69, 9.17) is 18.9 Å². The molecule has 1 heterocycles. The molecule has 26 heavy (non-hydrogen) atoms. The van der Waals surface area contributed by atoms with Crippen molar-refractivity contribution in [3.8, 4) is 17.2 Å². The molecule has 0 amide bonds. The Morgan fingerprint density at radius 3 is 2.31 bits per heavy atom. The third-order valence-electron chi connectivity index (χ3n) is 3.83. The lowest BCUT2D eigenvalue weighted by Crippen LogP contribution is -1.98. The zero-order valence-electron chi connectivity index (χ0n) is 14.7. The van der Waals surface area contributed by atoms with Gasteiger partial charge in [0.1, 0.15) is 5.75 Å². The Bertz CT molecular complexity index is 834. The molecule has 0 aromatic heterocycles. The number of fused-ring (bicyclic) bond motifs is 1. The van der Waals surface area contributed by atoms with Crippen LogP contribution < -0.4 is 14.2 Å². The number of rotatable bonds is 6. The lowest BCUT2D eigenvalue weighted by atomic mass is 10.0. The summed E-state index contributed by atoms with van der Waals surface area (Å²) in [5.74, 6) is 1.78. The molecule has 0 fully saturated rings. The number of ether oxygens (including phenoxy) is 4. The van der Waals surface area contributed by atoms with Crippen LogP contribution in [-0.4, -0.2) is 26.5 Å². The van der Waals surface area contributed by atoms with Crippen LogP contribution in [0.3, 0.4) is 0 Å². The van der Waals surface area contributed by atoms with Crippen molar-refractivity contribution < 1.29 is 23.7 Å². The molecule has 0 atom stereocenters. The van der Waals surface area contributed by atoms with Gasteiger partial charge in [0.25, 0.3) is 0 Å². The molecule has 0 bridgehead atoms. The van der Waals surface area contributed by atoms with E-state index in [0.717, 1.165) is 22.4 Å². The third kappa shape index (κ3) is 4.25. The van der Waals surface area contributed by atoms with Gasteiger partial charge in [0, 0.05) is 6.08 Å². The van der Waals surface area contributed by atoms with Gasteiger partial charge in [-0.05, 0) is 54.0 Å². The largest absolute Gasteiger partial charge is 0.497 e. The van der Waals surface area contributed by atoms with Crippen LogP contribution in [-0.2, 0) is 9.53 Å². The number of carbonyl (C=O) groups is 1. The van der Waals surface area contributed by atoms with E-state index in [2.05, 4.69) is 0 Å². The molecule has 0 saturated carbocycles. The maximum absolute atomic E-state index is 11.6. The predicted octanol–water partition coefficient (Wildman–Crippen LogP) is 4.17. The van der Waals surface area contributed by atoms with Crippen molar-refractivity contribution in [1.29, 1.82) is 0 Å². The Hall–Kier alpha value is -3.21. The molecule has 2 aromatic rings. The summed E-state index contributed by atoms with van der Waals surface area (Å²) >= 11 is 0. The lowest BCUT2D eigenvalue weighted by molar-refractivity contribution is -0.137. The first-order valence-electron chi connectivity index (χ1n) is 8.30. The molecule has 0 spiro atoms. The van der Waals surface area contributed by atoms with Gasteiger partial charge in [-0.2, -0.15) is 0 Å². The standard InChI is InChI=1S/C21H20O5/c1-3-24-21(22)11-8-17-13-20-19(25-14-26-20)12-16(17)7-4-15-5-9-18(23-2)10-6-15/h4-13H,3,14H2,1-2H3/b7-4+,11-8+. The minimum Gasteiger partial charge on any atom is -0.497 e. The number of esters is 1. The highest BCUT2D eigenvalue weighted by atomic mass is 16.7. The van der Waals surface area contributed by atoms with Crippen molar-refractivity contribution in [1.82, 2.24) is 0 Å². The Kier molecular flexibility index (Phi) is 5.59. The summed E-state index contributed by atoms with van der Waals surface area (Å²) < 4.78 is 21.0. The number of benzene rings is 2. The molecule has 3 rings (SSSR count). The van der Waals surface area contributed by atoms with Crippen LogP contribution in [0.15, 0.2) is 42.5 Å². The topological polar surface area (TPSA) is 54.0 Å². The van der Waals surface area contributed by atoms with E-state index in [-0.39, 0.29) is 12.8 Å². The molecule has 0 N–H and O–H groups in total.